The summed E-state index contributed by atoms with van der Waals surface area (Å²) in [5, 5.41) is 0. The first-order valence-electron chi connectivity index (χ1n) is 5.68. The van der Waals surface area contributed by atoms with Crippen LogP contribution in [0.25, 0.3) is 0 Å². The summed E-state index contributed by atoms with van der Waals surface area (Å²) in [6, 6.07) is 0.732. The summed E-state index contributed by atoms with van der Waals surface area (Å²) in [4.78, 5) is 3.32. The highest BCUT2D eigenvalue weighted by Gasteiger charge is 2.47. The van der Waals surface area contributed by atoms with E-state index in [9.17, 15) is 0 Å². The molecule has 1 aliphatic heterocycles. The molecule has 0 aromatic heterocycles. The van der Waals surface area contributed by atoms with Gasteiger partial charge in [-0.3, -0.25) is 4.90 Å². The van der Waals surface area contributed by atoms with Gasteiger partial charge in [0.25, 0.3) is 0 Å². The molecule has 0 bridgehead atoms. The van der Waals surface area contributed by atoms with Crippen LogP contribution in [-0.2, 0) is 0 Å². The van der Waals surface area contributed by atoms with E-state index in [2.05, 4.69) is 11.8 Å². The molecule has 0 aromatic rings. The van der Waals surface area contributed by atoms with E-state index in [-0.39, 0.29) is 5.41 Å². The minimum Gasteiger partial charge on any atom is -0.393 e. The number of rotatable bonds is 3. The van der Waals surface area contributed by atoms with Crippen LogP contribution < -0.4 is 5.73 Å². The van der Waals surface area contributed by atoms with Crippen molar-refractivity contribution in [2.75, 3.05) is 13.1 Å². The van der Waals surface area contributed by atoms with Gasteiger partial charge in [0.1, 0.15) is 0 Å². The third-order valence-electron chi connectivity index (χ3n) is 3.82. The zero-order valence-electron chi connectivity index (χ0n) is 8.96. The Bertz CT molecular complexity index is 235. The van der Waals surface area contributed by atoms with Gasteiger partial charge in [0.05, 0.1) is 4.99 Å². The molecule has 80 valence electrons. The Balaban J connectivity index is 1.93. The Morgan fingerprint density at radius 2 is 2.21 bits per heavy atom. The molecule has 0 spiro atoms. The van der Waals surface area contributed by atoms with Crippen molar-refractivity contribution >= 4 is 17.2 Å². The van der Waals surface area contributed by atoms with Crippen molar-refractivity contribution in [2.45, 2.75) is 45.1 Å². The summed E-state index contributed by atoms with van der Waals surface area (Å²) in [5.74, 6) is 0. The van der Waals surface area contributed by atoms with Gasteiger partial charge in [-0.05, 0) is 39.2 Å². The van der Waals surface area contributed by atoms with Gasteiger partial charge in [-0.25, -0.2) is 0 Å². The van der Waals surface area contributed by atoms with Crippen molar-refractivity contribution in [3.8, 4) is 0 Å². The average Bonchev–Trinajstić information content (AvgIpc) is 2.90. The highest BCUT2D eigenvalue weighted by atomic mass is 32.1. The van der Waals surface area contributed by atoms with E-state index in [1.165, 1.54) is 38.6 Å². The fraction of sp³-hybridized carbons (Fsp3) is 0.909. The van der Waals surface area contributed by atoms with Crippen molar-refractivity contribution < 1.29 is 0 Å². The molecule has 1 atom stereocenters. The number of nitrogens with zero attached hydrogens (tertiary/aromatic N) is 1. The summed E-state index contributed by atoms with van der Waals surface area (Å²) in [7, 11) is 0. The van der Waals surface area contributed by atoms with Crippen molar-refractivity contribution in [3.05, 3.63) is 0 Å². The fourth-order valence-electron chi connectivity index (χ4n) is 2.41. The quantitative estimate of drug-likeness (QED) is 0.725. The summed E-state index contributed by atoms with van der Waals surface area (Å²) >= 11 is 5.15. The molecule has 1 heterocycles. The van der Waals surface area contributed by atoms with Gasteiger partial charge in [-0.1, -0.05) is 18.6 Å². The lowest BCUT2D eigenvalue weighted by Gasteiger charge is -2.35. The standard InChI is InChI=1S/C11H20N2S/c1-9-4-2-3-7-13(9)8-11(5-6-11)10(12)14/h9H,2-8H2,1H3,(H2,12,14). The molecule has 0 radical (unpaired) electrons. The molecule has 1 saturated heterocycles. The second-order valence-electron chi connectivity index (χ2n) is 4.96. The van der Waals surface area contributed by atoms with Crippen molar-refractivity contribution in [3.63, 3.8) is 0 Å². The molecule has 1 saturated carbocycles. The van der Waals surface area contributed by atoms with Crippen molar-refractivity contribution in [1.82, 2.24) is 4.90 Å². The Labute approximate surface area is 91.8 Å². The topological polar surface area (TPSA) is 29.3 Å². The number of hydrogen-bond acceptors (Lipinski definition) is 2. The van der Waals surface area contributed by atoms with Gasteiger partial charge >= 0.3 is 0 Å². The third kappa shape index (κ3) is 1.94. The molecular formula is C11H20N2S. The maximum Gasteiger partial charge on any atom is 0.0802 e. The predicted octanol–water partition coefficient (Wildman–Crippen LogP) is 1.93. The minimum atomic E-state index is 0.223. The Morgan fingerprint density at radius 1 is 1.50 bits per heavy atom. The van der Waals surface area contributed by atoms with Gasteiger partial charge in [0.15, 0.2) is 0 Å². The van der Waals surface area contributed by atoms with Gasteiger partial charge in [0.2, 0.25) is 0 Å². The van der Waals surface area contributed by atoms with Gasteiger partial charge in [-0.2, -0.15) is 0 Å². The molecular weight excluding hydrogens is 192 g/mol. The SMILES string of the molecule is CC1CCCCN1CC1(C(N)=S)CC1. The lowest BCUT2D eigenvalue weighted by Crippen LogP contribution is -2.44. The molecule has 2 N–H and O–H groups in total. The maximum absolute atomic E-state index is 5.80. The predicted molar refractivity (Wildman–Crippen MR) is 63.3 cm³/mol. The van der Waals surface area contributed by atoms with Crippen LogP contribution in [-0.4, -0.2) is 29.0 Å². The molecule has 3 heteroatoms. The first-order valence-corrected chi connectivity index (χ1v) is 6.09. The van der Waals surface area contributed by atoms with Gasteiger partial charge in [0, 0.05) is 18.0 Å². The van der Waals surface area contributed by atoms with E-state index in [4.69, 9.17) is 18.0 Å². The second kappa shape index (κ2) is 3.78. The van der Waals surface area contributed by atoms with Crippen LogP contribution in [0.5, 0.6) is 0 Å². The van der Waals surface area contributed by atoms with E-state index in [0.29, 0.717) is 0 Å². The summed E-state index contributed by atoms with van der Waals surface area (Å²) in [5.41, 5.74) is 6.02. The minimum absolute atomic E-state index is 0.223. The number of piperidine rings is 1. The highest BCUT2D eigenvalue weighted by molar-refractivity contribution is 7.80. The molecule has 14 heavy (non-hydrogen) atoms. The molecule has 2 rings (SSSR count). The molecule has 1 aliphatic carbocycles. The largest absolute Gasteiger partial charge is 0.393 e. The number of hydrogen-bond donors (Lipinski definition) is 1. The number of nitrogens with two attached hydrogens (primary N) is 1. The number of likely N-dealkylation sites (tertiary alicyclic amines) is 1. The Morgan fingerprint density at radius 3 is 2.71 bits per heavy atom. The Hall–Kier alpha value is -0.150. The molecule has 2 fully saturated rings. The molecule has 0 amide bonds. The van der Waals surface area contributed by atoms with Crippen LogP contribution in [0.2, 0.25) is 0 Å². The zero-order valence-corrected chi connectivity index (χ0v) is 9.78. The maximum atomic E-state index is 5.80. The first kappa shape index (κ1) is 10.4. The zero-order chi connectivity index (χ0) is 10.2. The van der Waals surface area contributed by atoms with E-state index < -0.39 is 0 Å². The van der Waals surface area contributed by atoms with Gasteiger partial charge in [-0.15, -0.1) is 0 Å². The summed E-state index contributed by atoms with van der Waals surface area (Å²) < 4.78 is 0. The fourth-order valence-corrected chi connectivity index (χ4v) is 2.68. The molecule has 2 nitrogen and oxygen atoms in total. The highest BCUT2D eigenvalue weighted by Crippen LogP contribution is 2.47. The van der Waals surface area contributed by atoms with Gasteiger partial charge < -0.3 is 5.73 Å². The van der Waals surface area contributed by atoms with Crippen LogP contribution in [0.3, 0.4) is 0 Å². The first-order chi connectivity index (χ1) is 6.64. The summed E-state index contributed by atoms with van der Waals surface area (Å²) in [6.45, 7) is 4.68. The molecule has 1 unspecified atom stereocenters. The van der Waals surface area contributed by atoms with Crippen molar-refractivity contribution in [1.29, 1.82) is 0 Å². The van der Waals surface area contributed by atoms with Crippen LogP contribution in [0, 0.1) is 5.41 Å². The van der Waals surface area contributed by atoms with Crippen LogP contribution >= 0.6 is 12.2 Å². The average molecular weight is 212 g/mol. The van der Waals surface area contributed by atoms with E-state index >= 15 is 0 Å². The molecule has 0 aromatic carbocycles. The second-order valence-corrected chi connectivity index (χ2v) is 5.40. The monoisotopic (exact) mass is 212 g/mol. The van der Waals surface area contributed by atoms with E-state index in [0.717, 1.165) is 17.6 Å². The third-order valence-corrected chi connectivity index (χ3v) is 4.26. The lowest BCUT2D eigenvalue weighted by atomic mass is 9.99. The lowest BCUT2D eigenvalue weighted by molar-refractivity contribution is 0.145. The van der Waals surface area contributed by atoms with Crippen LogP contribution in [0.4, 0.5) is 0 Å². The molecule has 2 aliphatic rings. The van der Waals surface area contributed by atoms with E-state index in [1.807, 2.05) is 0 Å². The smallest absolute Gasteiger partial charge is 0.0802 e. The van der Waals surface area contributed by atoms with E-state index in [1.54, 1.807) is 0 Å². The number of thiocarbonyl (C=S) groups is 1. The van der Waals surface area contributed by atoms with Crippen LogP contribution in [0.1, 0.15) is 39.0 Å². The van der Waals surface area contributed by atoms with Crippen molar-refractivity contribution in [2.24, 2.45) is 11.1 Å². The Kier molecular flexibility index (Phi) is 2.80. The summed E-state index contributed by atoms with van der Waals surface area (Å²) in [6.07, 6.45) is 6.50. The van der Waals surface area contributed by atoms with Crippen LogP contribution in [0.15, 0.2) is 0 Å². The normalized spacial score (nSPS) is 31.4.